The zero-order valence-electron chi connectivity index (χ0n) is 17.9. The minimum Gasteiger partial charge on any atom is -0.508 e. The number of aromatic nitrogens is 6. The molecular weight excluding hydrogens is 428 g/mol. The van der Waals surface area contributed by atoms with Crippen LogP contribution >= 0.6 is 0 Å². The van der Waals surface area contributed by atoms with E-state index >= 15 is 0 Å². The van der Waals surface area contributed by atoms with Crippen molar-refractivity contribution in [3.05, 3.63) is 95.5 Å². The van der Waals surface area contributed by atoms with Gasteiger partial charge in [-0.15, -0.1) is 0 Å². The molecule has 1 N–H and O–H groups in total. The molecule has 168 valence electrons. The number of benzene rings is 2. The largest absolute Gasteiger partial charge is 0.508 e. The molecule has 0 amide bonds. The van der Waals surface area contributed by atoms with E-state index in [4.69, 9.17) is 0 Å². The molecule has 0 aliphatic carbocycles. The lowest BCUT2D eigenvalue weighted by Gasteiger charge is -2.38. The Hall–Kier alpha value is -4.28. The predicted molar refractivity (Wildman–Crippen MR) is 119 cm³/mol. The fourth-order valence-corrected chi connectivity index (χ4v) is 5.20. The summed E-state index contributed by atoms with van der Waals surface area (Å²) in [7, 11) is 2.80. The highest BCUT2D eigenvalue weighted by Crippen LogP contribution is 2.44. The normalized spacial score (nSPS) is 19.2. The standard InChI is InChI=1S/C22H20N6O5/c1-23-19(30)25-10-9-14-15(27(25)21(23)32)11-26-20(31)24(2)22(33)28(26)18(14)17-13-6-4-3-5-12(13)7-8-16(17)29/h3-9,15,18,29H,10-11H2,1-2H3/t15-,18-/m1/s1. The molecule has 33 heavy (non-hydrogen) atoms. The SMILES string of the molecule is Cn1c(=O)n2n(c1=O)[C@@H]1Cn3c(=O)n(C)c(=O)n3[C@@H](c3c(O)ccc4ccccc34)C1=CC2. The molecule has 2 aromatic carbocycles. The minimum absolute atomic E-state index is 0.00609. The smallest absolute Gasteiger partial charge is 0.347 e. The van der Waals surface area contributed by atoms with Gasteiger partial charge < -0.3 is 5.11 Å². The Morgan fingerprint density at radius 3 is 2.24 bits per heavy atom. The van der Waals surface area contributed by atoms with Gasteiger partial charge >= 0.3 is 22.8 Å². The third-order valence-corrected chi connectivity index (χ3v) is 6.81. The van der Waals surface area contributed by atoms with Gasteiger partial charge in [0, 0.05) is 19.7 Å². The van der Waals surface area contributed by atoms with Crippen LogP contribution in [0.15, 0.2) is 67.2 Å². The van der Waals surface area contributed by atoms with E-state index in [-0.39, 0.29) is 18.8 Å². The number of hydrogen-bond donors (Lipinski definition) is 1. The number of allylic oxidation sites excluding steroid dienone is 2. The lowest BCUT2D eigenvalue weighted by molar-refractivity contribution is 0.244. The molecule has 0 radical (unpaired) electrons. The van der Waals surface area contributed by atoms with Gasteiger partial charge in [0.1, 0.15) is 11.8 Å². The van der Waals surface area contributed by atoms with E-state index in [1.54, 1.807) is 12.1 Å². The number of fused-ring (bicyclic) bond motifs is 5. The number of hydrogen-bond acceptors (Lipinski definition) is 5. The second-order valence-corrected chi connectivity index (χ2v) is 8.44. The maximum absolute atomic E-state index is 13.2. The Bertz CT molecular complexity index is 1750. The summed E-state index contributed by atoms with van der Waals surface area (Å²) in [4.78, 5) is 51.7. The first kappa shape index (κ1) is 19.4. The summed E-state index contributed by atoms with van der Waals surface area (Å²) in [6.45, 7) is 0.140. The molecule has 2 aliphatic rings. The van der Waals surface area contributed by atoms with Gasteiger partial charge in [-0.05, 0) is 22.4 Å². The molecule has 4 aromatic rings. The van der Waals surface area contributed by atoms with Crippen molar-refractivity contribution in [1.29, 1.82) is 0 Å². The molecule has 2 aromatic heterocycles. The van der Waals surface area contributed by atoms with E-state index in [2.05, 4.69) is 0 Å². The van der Waals surface area contributed by atoms with Gasteiger partial charge in [-0.25, -0.2) is 47.0 Å². The molecule has 11 nitrogen and oxygen atoms in total. The quantitative estimate of drug-likeness (QED) is 0.400. The molecule has 0 fully saturated rings. The lowest BCUT2D eigenvalue weighted by atomic mass is 9.87. The van der Waals surface area contributed by atoms with Gasteiger partial charge in [-0.1, -0.05) is 36.4 Å². The second-order valence-electron chi connectivity index (χ2n) is 8.44. The van der Waals surface area contributed by atoms with Gasteiger partial charge in [-0.2, -0.15) is 0 Å². The second kappa shape index (κ2) is 6.37. The number of aromatic hydroxyl groups is 1. The molecule has 4 heterocycles. The van der Waals surface area contributed by atoms with Gasteiger partial charge in [0.2, 0.25) is 0 Å². The Morgan fingerprint density at radius 2 is 1.48 bits per heavy atom. The van der Waals surface area contributed by atoms with Crippen molar-refractivity contribution < 1.29 is 5.11 Å². The average Bonchev–Trinajstić information content (AvgIpc) is 3.18. The maximum Gasteiger partial charge on any atom is 0.347 e. The highest BCUT2D eigenvalue weighted by Gasteiger charge is 2.42. The molecule has 6 rings (SSSR count). The van der Waals surface area contributed by atoms with Crippen LogP contribution in [0.3, 0.4) is 0 Å². The van der Waals surface area contributed by atoms with Crippen molar-refractivity contribution in [3.63, 3.8) is 0 Å². The number of nitrogens with zero attached hydrogens (tertiary/aromatic N) is 6. The fraction of sp³-hybridized carbons (Fsp3) is 0.273. The van der Waals surface area contributed by atoms with Crippen LogP contribution in [0.1, 0.15) is 17.6 Å². The van der Waals surface area contributed by atoms with E-state index < -0.39 is 34.8 Å². The van der Waals surface area contributed by atoms with E-state index in [1.165, 1.54) is 32.8 Å². The van der Waals surface area contributed by atoms with E-state index in [1.807, 2.05) is 30.3 Å². The summed E-state index contributed by atoms with van der Waals surface area (Å²) < 4.78 is 7.34. The molecule has 0 bridgehead atoms. The van der Waals surface area contributed by atoms with Gasteiger partial charge in [0.05, 0.1) is 19.1 Å². The Morgan fingerprint density at radius 1 is 0.818 bits per heavy atom. The van der Waals surface area contributed by atoms with Crippen LogP contribution in [0.5, 0.6) is 5.75 Å². The molecule has 0 unspecified atom stereocenters. The van der Waals surface area contributed by atoms with Crippen LogP contribution in [-0.4, -0.2) is 33.0 Å². The van der Waals surface area contributed by atoms with E-state index in [0.29, 0.717) is 11.1 Å². The fourth-order valence-electron chi connectivity index (χ4n) is 5.20. The molecular formula is C22H20N6O5. The molecule has 11 heteroatoms. The topological polar surface area (TPSA) is 118 Å². The maximum atomic E-state index is 13.2. The first-order valence-corrected chi connectivity index (χ1v) is 10.5. The molecule has 0 spiro atoms. The average molecular weight is 448 g/mol. The van der Waals surface area contributed by atoms with Crippen LogP contribution in [-0.2, 0) is 27.2 Å². The van der Waals surface area contributed by atoms with E-state index in [9.17, 15) is 24.3 Å². The summed E-state index contributed by atoms with van der Waals surface area (Å²) in [6.07, 6.45) is 1.81. The van der Waals surface area contributed by atoms with Crippen molar-refractivity contribution in [3.8, 4) is 5.75 Å². The van der Waals surface area contributed by atoms with Crippen LogP contribution in [0.4, 0.5) is 0 Å². The summed E-state index contributed by atoms with van der Waals surface area (Å²) in [6, 6.07) is 9.28. The summed E-state index contributed by atoms with van der Waals surface area (Å²) >= 11 is 0. The Labute approximate surface area is 184 Å². The van der Waals surface area contributed by atoms with Crippen molar-refractivity contribution in [2.75, 3.05) is 0 Å². The Balaban J connectivity index is 1.74. The summed E-state index contributed by atoms with van der Waals surface area (Å²) in [5.74, 6) is -0.0293. The van der Waals surface area contributed by atoms with Crippen LogP contribution in [0.25, 0.3) is 10.8 Å². The van der Waals surface area contributed by atoms with Crippen LogP contribution < -0.4 is 22.8 Å². The van der Waals surface area contributed by atoms with Crippen molar-refractivity contribution in [1.82, 2.24) is 27.9 Å². The van der Waals surface area contributed by atoms with Gasteiger partial charge in [-0.3, -0.25) is 0 Å². The zero-order valence-corrected chi connectivity index (χ0v) is 17.9. The molecule has 2 atom stereocenters. The van der Waals surface area contributed by atoms with Gasteiger partial charge in [0.15, 0.2) is 0 Å². The molecule has 2 aliphatic heterocycles. The lowest BCUT2D eigenvalue weighted by Crippen LogP contribution is -2.47. The first-order valence-electron chi connectivity index (χ1n) is 10.5. The zero-order chi connectivity index (χ0) is 23.2. The van der Waals surface area contributed by atoms with E-state index in [0.717, 1.165) is 19.9 Å². The Kier molecular flexibility index (Phi) is 3.75. The number of phenols is 1. The first-order chi connectivity index (χ1) is 15.8. The monoisotopic (exact) mass is 448 g/mol. The summed E-state index contributed by atoms with van der Waals surface area (Å²) in [5, 5.41) is 12.6. The molecule has 0 saturated heterocycles. The number of rotatable bonds is 1. The van der Waals surface area contributed by atoms with Crippen LogP contribution in [0.2, 0.25) is 0 Å². The number of phenolic OH excluding ortho intramolecular Hbond substituents is 1. The highest BCUT2D eigenvalue weighted by atomic mass is 16.3. The van der Waals surface area contributed by atoms with Crippen molar-refractivity contribution in [2.24, 2.45) is 14.1 Å². The van der Waals surface area contributed by atoms with Crippen LogP contribution in [0, 0.1) is 0 Å². The summed E-state index contributed by atoms with van der Waals surface area (Å²) in [5.41, 5.74) is -0.890. The highest BCUT2D eigenvalue weighted by molar-refractivity contribution is 5.88. The third-order valence-electron chi connectivity index (χ3n) is 6.81. The van der Waals surface area contributed by atoms with Gasteiger partial charge in [0.25, 0.3) is 0 Å². The van der Waals surface area contributed by atoms with Crippen molar-refractivity contribution in [2.45, 2.75) is 25.2 Å². The van der Waals surface area contributed by atoms with Crippen molar-refractivity contribution >= 4 is 10.8 Å². The molecule has 0 saturated carbocycles. The predicted octanol–water partition coefficient (Wildman–Crippen LogP) is -0.347. The minimum atomic E-state index is -0.841. The third kappa shape index (κ3) is 2.33.